The molecule has 17 heavy (non-hydrogen) atoms. The van der Waals surface area contributed by atoms with Gasteiger partial charge in [0.25, 0.3) is 5.56 Å². The molecule has 0 saturated carbocycles. The number of thiophene rings is 1. The van der Waals surface area contributed by atoms with Crippen molar-refractivity contribution in [3.8, 4) is 0 Å². The van der Waals surface area contributed by atoms with Gasteiger partial charge in [0.1, 0.15) is 15.5 Å². The number of H-pyrrole nitrogens is 1. The highest BCUT2D eigenvalue weighted by Gasteiger charge is 2.18. The van der Waals surface area contributed by atoms with Crippen molar-refractivity contribution >= 4 is 27.5 Å². The number of hydrogen-bond acceptors (Lipinski definition) is 4. The molecule has 0 fully saturated rings. The number of carboxylic acid groups (broad SMARTS) is 1. The second-order valence-corrected chi connectivity index (χ2v) is 5.15. The quantitative estimate of drug-likeness (QED) is 0.857. The zero-order valence-electron chi connectivity index (χ0n) is 9.70. The van der Waals surface area contributed by atoms with Crippen LogP contribution in [-0.4, -0.2) is 21.0 Å². The Kier molecular flexibility index (Phi) is 2.74. The van der Waals surface area contributed by atoms with Crippen LogP contribution in [0.5, 0.6) is 0 Å². The van der Waals surface area contributed by atoms with Crippen LogP contribution in [0.25, 0.3) is 10.2 Å². The van der Waals surface area contributed by atoms with E-state index in [1.165, 1.54) is 0 Å². The summed E-state index contributed by atoms with van der Waals surface area (Å²) in [6.07, 6.45) is 0. The number of aromatic nitrogens is 2. The van der Waals surface area contributed by atoms with Crippen LogP contribution in [0.2, 0.25) is 0 Å². The number of aromatic amines is 1. The maximum atomic E-state index is 11.9. The first kappa shape index (κ1) is 11.8. The third-order valence-corrected chi connectivity index (χ3v) is 3.73. The minimum Gasteiger partial charge on any atom is -0.477 e. The highest BCUT2D eigenvalue weighted by atomic mass is 32.1. The molecular weight excluding hydrogens is 240 g/mol. The van der Waals surface area contributed by atoms with E-state index in [0.29, 0.717) is 21.6 Å². The molecule has 0 aliphatic heterocycles. The lowest BCUT2D eigenvalue weighted by Crippen LogP contribution is -2.12. The molecule has 6 heteroatoms. The van der Waals surface area contributed by atoms with E-state index in [9.17, 15) is 9.59 Å². The van der Waals surface area contributed by atoms with E-state index in [2.05, 4.69) is 9.97 Å². The summed E-state index contributed by atoms with van der Waals surface area (Å²) < 4.78 is 0. The predicted molar refractivity (Wildman–Crippen MR) is 66.0 cm³/mol. The molecule has 0 atom stereocenters. The number of carbonyl (C=O) groups is 1. The first-order chi connectivity index (χ1) is 7.91. The Hall–Kier alpha value is -1.69. The average molecular weight is 252 g/mol. The van der Waals surface area contributed by atoms with Crippen molar-refractivity contribution in [2.24, 2.45) is 0 Å². The number of aromatic carboxylic acids is 1. The SMILES string of the molecule is Cc1c(C(=O)O)sc2nc(C(C)C)[nH]c(=O)c12. The van der Waals surface area contributed by atoms with E-state index in [0.717, 1.165) is 11.3 Å². The topological polar surface area (TPSA) is 83.0 Å². The monoisotopic (exact) mass is 252 g/mol. The van der Waals surface area contributed by atoms with Crippen molar-refractivity contribution in [2.45, 2.75) is 26.7 Å². The lowest BCUT2D eigenvalue weighted by Gasteiger charge is -2.02. The fourth-order valence-corrected chi connectivity index (χ4v) is 2.67. The second kappa shape index (κ2) is 3.96. The van der Waals surface area contributed by atoms with Crippen LogP contribution in [0.4, 0.5) is 0 Å². The molecule has 0 aromatic carbocycles. The zero-order chi connectivity index (χ0) is 12.7. The third kappa shape index (κ3) is 1.84. The third-order valence-electron chi connectivity index (χ3n) is 2.56. The van der Waals surface area contributed by atoms with Gasteiger partial charge in [0.2, 0.25) is 0 Å². The molecule has 0 saturated heterocycles. The van der Waals surface area contributed by atoms with Gasteiger partial charge in [-0.25, -0.2) is 9.78 Å². The molecule has 2 aromatic heterocycles. The summed E-state index contributed by atoms with van der Waals surface area (Å²) in [5.74, 6) is -0.334. The Bertz CT molecular complexity index is 655. The minimum atomic E-state index is -1.02. The second-order valence-electron chi connectivity index (χ2n) is 4.15. The summed E-state index contributed by atoms with van der Waals surface area (Å²) in [4.78, 5) is 30.5. The van der Waals surface area contributed by atoms with E-state index in [4.69, 9.17) is 5.11 Å². The normalized spacial score (nSPS) is 11.3. The van der Waals surface area contributed by atoms with Crippen LogP contribution < -0.4 is 5.56 Å². The van der Waals surface area contributed by atoms with Gasteiger partial charge in [0, 0.05) is 5.92 Å². The van der Waals surface area contributed by atoms with Gasteiger partial charge in [-0.15, -0.1) is 11.3 Å². The van der Waals surface area contributed by atoms with Crippen LogP contribution in [-0.2, 0) is 0 Å². The Labute approximate surface area is 101 Å². The number of carboxylic acids is 1. The van der Waals surface area contributed by atoms with E-state index < -0.39 is 5.97 Å². The smallest absolute Gasteiger partial charge is 0.346 e. The van der Waals surface area contributed by atoms with Gasteiger partial charge in [0.05, 0.1) is 5.39 Å². The van der Waals surface area contributed by atoms with Crippen LogP contribution in [0, 0.1) is 6.92 Å². The Morgan fingerprint density at radius 1 is 1.47 bits per heavy atom. The molecule has 0 bridgehead atoms. The number of nitrogens with one attached hydrogen (secondary N) is 1. The lowest BCUT2D eigenvalue weighted by molar-refractivity contribution is 0.0701. The standard InChI is InChI=1S/C11H12N2O3S/c1-4(2)8-12-9(14)6-5(3)7(11(15)16)17-10(6)13-8/h4H,1-3H3,(H,15,16)(H,12,13,14). The number of nitrogens with zero attached hydrogens (tertiary/aromatic N) is 1. The lowest BCUT2D eigenvalue weighted by atomic mass is 10.2. The number of hydrogen-bond donors (Lipinski definition) is 2. The van der Waals surface area contributed by atoms with Crippen LogP contribution in [0.15, 0.2) is 4.79 Å². The highest BCUT2D eigenvalue weighted by Crippen LogP contribution is 2.27. The van der Waals surface area contributed by atoms with Crippen LogP contribution in [0.3, 0.4) is 0 Å². The minimum absolute atomic E-state index is 0.0998. The molecule has 0 radical (unpaired) electrons. The summed E-state index contributed by atoms with van der Waals surface area (Å²) >= 11 is 1.05. The molecular formula is C11H12N2O3S. The number of fused-ring (bicyclic) bond motifs is 1. The fourth-order valence-electron chi connectivity index (χ4n) is 1.64. The molecule has 2 rings (SSSR count). The van der Waals surface area contributed by atoms with Gasteiger partial charge in [0.15, 0.2) is 0 Å². The maximum Gasteiger partial charge on any atom is 0.346 e. The zero-order valence-corrected chi connectivity index (χ0v) is 10.5. The molecule has 0 aliphatic rings. The van der Waals surface area contributed by atoms with Crippen molar-refractivity contribution in [1.82, 2.24) is 9.97 Å². The van der Waals surface area contributed by atoms with Gasteiger partial charge in [-0.05, 0) is 12.5 Å². The van der Waals surface area contributed by atoms with Gasteiger partial charge >= 0.3 is 5.97 Å². The Balaban J connectivity index is 2.83. The molecule has 0 unspecified atom stereocenters. The van der Waals surface area contributed by atoms with E-state index in [1.807, 2.05) is 13.8 Å². The van der Waals surface area contributed by atoms with Gasteiger partial charge in [-0.2, -0.15) is 0 Å². The average Bonchev–Trinajstić information content (AvgIpc) is 2.56. The summed E-state index contributed by atoms with van der Waals surface area (Å²) in [5.41, 5.74) is 0.224. The first-order valence-corrected chi connectivity index (χ1v) is 6.00. The van der Waals surface area contributed by atoms with E-state index in [1.54, 1.807) is 6.92 Å². The summed E-state index contributed by atoms with van der Waals surface area (Å²) in [6.45, 7) is 5.47. The number of rotatable bonds is 2. The first-order valence-electron chi connectivity index (χ1n) is 5.18. The molecule has 5 nitrogen and oxygen atoms in total. The largest absolute Gasteiger partial charge is 0.477 e. The molecule has 0 amide bonds. The van der Waals surface area contributed by atoms with Crippen molar-refractivity contribution in [3.63, 3.8) is 0 Å². The van der Waals surface area contributed by atoms with Crippen molar-refractivity contribution in [1.29, 1.82) is 0 Å². The number of aryl methyl sites for hydroxylation is 1. The Morgan fingerprint density at radius 3 is 2.65 bits per heavy atom. The van der Waals surface area contributed by atoms with Gasteiger partial charge in [-0.3, -0.25) is 4.79 Å². The van der Waals surface area contributed by atoms with Crippen molar-refractivity contribution < 1.29 is 9.90 Å². The Morgan fingerprint density at radius 2 is 2.12 bits per heavy atom. The van der Waals surface area contributed by atoms with Gasteiger partial charge < -0.3 is 10.1 Å². The van der Waals surface area contributed by atoms with E-state index >= 15 is 0 Å². The van der Waals surface area contributed by atoms with Gasteiger partial charge in [-0.1, -0.05) is 13.8 Å². The predicted octanol–water partition coefficient (Wildman–Crippen LogP) is 2.11. The molecule has 2 aromatic rings. The summed E-state index contributed by atoms with van der Waals surface area (Å²) in [5, 5.41) is 9.39. The van der Waals surface area contributed by atoms with Crippen molar-refractivity contribution in [2.75, 3.05) is 0 Å². The molecule has 2 N–H and O–H groups in total. The molecule has 0 spiro atoms. The molecule has 90 valence electrons. The molecule has 0 aliphatic carbocycles. The fraction of sp³-hybridized carbons (Fsp3) is 0.364. The highest BCUT2D eigenvalue weighted by molar-refractivity contribution is 7.20. The van der Waals surface area contributed by atoms with Crippen LogP contribution >= 0.6 is 11.3 Å². The van der Waals surface area contributed by atoms with Crippen molar-refractivity contribution in [3.05, 3.63) is 26.6 Å². The van der Waals surface area contributed by atoms with Crippen LogP contribution in [0.1, 0.15) is 40.8 Å². The summed E-state index contributed by atoms with van der Waals surface area (Å²) in [7, 11) is 0. The van der Waals surface area contributed by atoms with E-state index in [-0.39, 0.29) is 16.4 Å². The maximum absolute atomic E-state index is 11.9. The molecule has 2 heterocycles. The summed E-state index contributed by atoms with van der Waals surface area (Å²) in [6, 6.07) is 0.